The summed E-state index contributed by atoms with van der Waals surface area (Å²) in [5.41, 5.74) is 6.05. The molecule has 1 fully saturated rings. The van der Waals surface area contributed by atoms with Crippen LogP contribution in [-0.4, -0.2) is 82.9 Å². The van der Waals surface area contributed by atoms with Gasteiger partial charge in [0.15, 0.2) is 5.65 Å². The first-order valence-corrected chi connectivity index (χ1v) is 20.9. The molecule has 1 aliphatic rings. The molecule has 16 heteroatoms. The van der Waals surface area contributed by atoms with Gasteiger partial charge < -0.3 is 28.6 Å². The van der Waals surface area contributed by atoms with Crippen molar-refractivity contribution in [1.82, 2.24) is 34.1 Å². The summed E-state index contributed by atoms with van der Waals surface area (Å²) in [7, 11) is 0.894. The van der Waals surface area contributed by atoms with Crippen molar-refractivity contribution in [3.05, 3.63) is 75.7 Å². The number of rotatable bonds is 13. The third-order valence-corrected chi connectivity index (χ3v) is 11.3. The monoisotopic (exact) mass is 737 g/mol. The van der Waals surface area contributed by atoms with Crippen molar-refractivity contribution < 1.29 is 14.2 Å². The quantitative estimate of drug-likeness (QED) is 0.0974. The molecule has 12 nitrogen and oxygen atoms in total. The molecule has 1 aliphatic heterocycles. The van der Waals surface area contributed by atoms with E-state index in [9.17, 15) is 0 Å². The average Bonchev–Trinajstić information content (AvgIpc) is 3.86. The van der Waals surface area contributed by atoms with Gasteiger partial charge in [-0.3, -0.25) is 4.98 Å². The van der Waals surface area contributed by atoms with E-state index in [1.165, 1.54) is 0 Å². The fraction of sp³-hybridized carbons (Fsp3) is 0.364. The van der Waals surface area contributed by atoms with Crippen LogP contribution < -0.4 is 14.5 Å². The predicted molar refractivity (Wildman–Crippen MR) is 197 cm³/mol. The first-order chi connectivity index (χ1) is 23.9. The fourth-order valence-electron chi connectivity index (χ4n) is 5.71. The molecule has 0 spiro atoms. The Morgan fingerprint density at radius 3 is 2.53 bits per heavy atom. The Bertz CT molecular complexity index is 2030. The lowest BCUT2D eigenvalue weighted by atomic mass is 10.2. The summed E-state index contributed by atoms with van der Waals surface area (Å²) in [5, 5.41) is 5.76. The molecule has 0 N–H and O–H groups in total. The molecule has 0 bridgehead atoms. The van der Waals surface area contributed by atoms with Crippen molar-refractivity contribution in [1.29, 1.82) is 0 Å². The predicted octanol–water partition coefficient (Wildman–Crippen LogP) is 6.42. The lowest BCUT2D eigenvalue weighted by molar-refractivity contribution is 0.0882. The van der Waals surface area contributed by atoms with E-state index in [0.29, 0.717) is 80.3 Å². The number of benzene rings is 2. The van der Waals surface area contributed by atoms with Crippen LogP contribution in [0.5, 0.6) is 5.75 Å². The van der Waals surface area contributed by atoms with Crippen LogP contribution in [0.4, 0.5) is 11.9 Å². The second kappa shape index (κ2) is 15.0. The molecule has 0 atom stereocenters. The summed E-state index contributed by atoms with van der Waals surface area (Å²) >= 11 is 14.6. The summed E-state index contributed by atoms with van der Waals surface area (Å²) in [6.07, 6.45) is 3.67. The second-order valence-electron chi connectivity index (χ2n) is 12.2. The van der Waals surface area contributed by atoms with Gasteiger partial charge in [-0.15, -0.1) is 11.3 Å². The zero-order valence-electron chi connectivity index (χ0n) is 27.6. The van der Waals surface area contributed by atoms with Gasteiger partial charge in [0.2, 0.25) is 11.9 Å². The summed E-state index contributed by atoms with van der Waals surface area (Å²) in [5.74, 6) is 2.80. The largest absolute Gasteiger partial charge is 0.497 e. The molecular weight excluding hydrogens is 701 g/mol. The topological polar surface area (TPSA) is 108 Å². The van der Waals surface area contributed by atoms with E-state index >= 15 is 0 Å². The SMILES string of the molecule is COc1ccc(CN(Cc2nc3cc(Cl)c(Cl)cc3n2COCC[SiH](C)C)c2nc(N3CCOCC3)nc3c(-c4cncs4)cnn23)cc1. The number of aromatic nitrogens is 7. The summed E-state index contributed by atoms with van der Waals surface area (Å²) < 4.78 is 21.2. The minimum atomic E-state index is -0.771. The molecule has 4 aromatic heterocycles. The molecule has 6 aromatic rings. The normalized spacial score (nSPS) is 13.6. The third-order valence-electron chi connectivity index (χ3n) is 8.41. The maximum atomic E-state index is 6.53. The Hall–Kier alpha value is -3.79. The smallest absolute Gasteiger partial charge is 0.232 e. The van der Waals surface area contributed by atoms with E-state index < -0.39 is 8.80 Å². The Balaban J connectivity index is 1.36. The van der Waals surface area contributed by atoms with Gasteiger partial charge in [0.1, 0.15) is 18.3 Å². The van der Waals surface area contributed by atoms with Gasteiger partial charge in [-0.05, 0) is 35.9 Å². The van der Waals surface area contributed by atoms with E-state index in [1.54, 1.807) is 18.4 Å². The van der Waals surface area contributed by atoms with Crippen molar-refractivity contribution in [2.45, 2.75) is 39.0 Å². The minimum Gasteiger partial charge on any atom is -0.497 e. The number of methoxy groups -OCH3 is 1. The van der Waals surface area contributed by atoms with Crippen LogP contribution in [0.1, 0.15) is 11.4 Å². The van der Waals surface area contributed by atoms with Crippen LogP contribution >= 0.6 is 34.5 Å². The maximum Gasteiger partial charge on any atom is 0.232 e. The van der Waals surface area contributed by atoms with Crippen LogP contribution in [-0.2, 0) is 29.3 Å². The molecule has 7 rings (SSSR count). The highest BCUT2D eigenvalue weighted by molar-refractivity contribution is 7.13. The standard InChI is InChI=1S/C33H37Cl2N9O3SSi/c1-45-23-6-4-22(5-7-23)18-42(19-30-38-27-14-25(34)26(35)15-28(27)43(30)21-47-12-13-49(2)3)33-40-32(41-8-10-46-11-9-41)39-31-24(16-37-44(31)33)29-17-36-20-48-29/h4-7,14-17,20,49H,8-13,18-19,21H2,1-3H3. The molecule has 1 saturated heterocycles. The molecule has 2 aromatic carbocycles. The number of morpholine rings is 1. The van der Waals surface area contributed by atoms with Crippen molar-refractivity contribution in [2.24, 2.45) is 0 Å². The van der Waals surface area contributed by atoms with Gasteiger partial charge in [0.05, 0.1) is 70.1 Å². The second-order valence-corrected chi connectivity index (χ2v) is 17.3. The van der Waals surface area contributed by atoms with Gasteiger partial charge in [-0.1, -0.05) is 48.4 Å². The zero-order valence-corrected chi connectivity index (χ0v) is 31.0. The highest BCUT2D eigenvalue weighted by Gasteiger charge is 2.25. The van der Waals surface area contributed by atoms with Gasteiger partial charge in [-0.2, -0.15) is 19.6 Å². The molecule has 0 unspecified atom stereocenters. The Morgan fingerprint density at radius 2 is 1.80 bits per heavy atom. The average molecular weight is 739 g/mol. The molecule has 256 valence electrons. The number of imidazole rings is 1. The number of nitrogens with zero attached hydrogens (tertiary/aromatic N) is 9. The van der Waals surface area contributed by atoms with Crippen LogP contribution in [0.2, 0.25) is 29.2 Å². The first kappa shape index (κ1) is 33.7. The van der Waals surface area contributed by atoms with Crippen LogP contribution in [0.3, 0.4) is 0 Å². The summed E-state index contributed by atoms with van der Waals surface area (Å²) in [6.45, 7) is 9.12. The van der Waals surface area contributed by atoms with Gasteiger partial charge >= 0.3 is 0 Å². The van der Waals surface area contributed by atoms with E-state index in [4.69, 9.17) is 57.5 Å². The van der Waals surface area contributed by atoms with E-state index in [0.717, 1.165) is 44.7 Å². The lowest BCUT2D eigenvalue weighted by Gasteiger charge is -2.29. The number of ether oxygens (including phenoxy) is 3. The van der Waals surface area contributed by atoms with Gasteiger partial charge in [0.25, 0.3) is 0 Å². The Morgan fingerprint density at radius 1 is 1.00 bits per heavy atom. The summed E-state index contributed by atoms with van der Waals surface area (Å²) in [4.78, 5) is 25.0. The fourth-order valence-corrected chi connectivity index (χ4v) is 7.30. The lowest BCUT2D eigenvalue weighted by Crippen LogP contribution is -2.38. The Kier molecular flexibility index (Phi) is 10.3. The number of anilines is 2. The van der Waals surface area contributed by atoms with Crippen LogP contribution in [0.15, 0.2) is 54.3 Å². The molecule has 0 radical (unpaired) electrons. The van der Waals surface area contributed by atoms with E-state index in [1.807, 2.05) is 46.7 Å². The molecule has 0 saturated carbocycles. The van der Waals surface area contributed by atoms with Gasteiger partial charge in [0, 0.05) is 41.2 Å². The molecule has 49 heavy (non-hydrogen) atoms. The summed E-state index contributed by atoms with van der Waals surface area (Å²) in [6, 6.07) is 12.8. The van der Waals surface area contributed by atoms with Crippen LogP contribution in [0, 0.1) is 0 Å². The molecular formula is C33H37Cl2N9O3SSi. The number of fused-ring (bicyclic) bond motifs is 2. The molecule has 5 heterocycles. The van der Waals surface area contributed by atoms with E-state index in [-0.39, 0.29) is 0 Å². The third kappa shape index (κ3) is 7.39. The van der Waals surface area contributed by atoms with Crippen molar-refractivity contribution in [2.75, 3.05) is 49.8 Å². The number of halogens is 2. The van der Waals surface area contributed by atoms with Crippen molar-refractivity contribution in [3.63, 3.8) is 0 Å². The van der Waals surface area contributed by atoms with Crippen molar-refractivity contribution in [3.8, 4) is 16.2 Å². The minimum absolute atomic E-state index is 0.330. The highest BCUT2D eigenvalue weighted by atomic mass is 35.5. The molecule has 0 aliphatic carbocycles. The highest BCUT2D eigenvalue weighted by Crippen LogP contribution is 2.33. The first-order valence-electron chi connectivity index (χ1n) is 16.1. The van der Waals surface area contributed by atoms with Crippen LogP contribution in [0.25, 0.3) is 27.1 Å². The number of hydrogen-bond acceptors (Lipinski definition) is 11. The maximum absolute atomic E-state index is 6.53. The Labute approximate surface area is 299 Å². The molecule has 0 amide bonds. The van der Waals surface area contributed by atoms with Gasteiger partial charge in [-0.25, -0.2) is 4.98 Å². The number of hydrogen-bond donors (Lipinski definition) is 0. The van der Waals surface area contributed by atoms with Crippen molar-refractivity contribution >= 4 is 71.9 Å². The van der Waals surface area contributed by atoms with E-state index in [2.05, 4.69) is 44.6 Å². The zero-order chi connectivity index (χ0) is 33.9. The number of thiazole rings is 1.